The molecule has 2 N–H and O–H groups in total. The van der Waals surface area contributed by atoms with E-state index in [2.05, 4.69) is 10.6 Å². The summed E-state index contributed by atoms with van der Waals surface area (Å²) in [7, 11) is 3.18. The van der Waals surface area contributed by atoms with Crippen molar-refractivity contribution in [3.63, 3.8) is 0 Å². The molecule has 0 bridgehead atoms. The van der Waals surface area contributed by atoms with Crippen LogP contribution in [0.2, 0.25) is 5.02 Å². The summed E-state index contributed by atoms with van der Waals surface area (Å²) in [5.41, 5.74) is 1.06. The van der Waals surface area contributed by atoms with Gasteiger partial charge >= 0.3 is 0 Å². The minimum atomic E-state index is -0.293. The number of ether oxygens (including phenoxy) is 3. The molecule has 2 aromatic carbocycles. The minimum Gasteiger partial charge on any atom is -0.495 e. The molecule has 0 saturated carbocycles. The number of rotatable bonds is 7. The van der Waals surface area contributed by atoms with E-state index in [1.807, 2.05) is 0 Å². The number of fused-ring (bicyclic) bond motifs is 1. The number of benzene rings is 2. The average Bonchev–Trinajstić information content (AvgIpc) is 3.09. The lowest BCUT2D eigenvalue weighted by atomic mass is 10.2. The van der Waals surface area contributed by atoms with Crippen LogP contribution in [-0.4, -0.2) is 50.8 Å². The zero-order valence-corrected chi connectivity index (χ0v) is 16.2. The molecule has 0 aromatic heterocycles. The number of methoxy groups -OCH3 is 1. The Labute approximate surface area is 167 Å². The molecule has 0 unspecified atom stereocenters. The normalized spacial score (nSPS) is 12.0. The van der Waals surface area contributed by atoms with Crippen molar-refractivity contribution in [2.24, 2.45) is 0 Å². The van der Waals surface area contributed by atoms with Crippen LogP contribution in [0.4, 0.5) is 11.4 Å². The first-order chi connectivity index (χ1) is 13.4. The third-order valence-corrected chi connectivity index (χ3v) is 4.15. The van der Waals surface area contributed by atoms with Gasteiger partial charge in [0.25, 0.3) is 0 Å². The van der Waals surface area contributed by atoms with Crippen molar-refractivity contribution >= 4 is 34.8 Å². The predicted octanol–water partition coefficient (Wildman–Crippen LogP) is 2.59. The van der Waals surface area contributed by atoms with Gasteiger partial charge in [0.05, 0.1) is 25.9 Å². The number of nitrogens with zero attached hydrogens (tertiary/aromatic N) is 1. The molecule has 28 heavy (non-hydrogen) atoms. The Morgan fingerprint density at radius 1 is 1.07 bits per heavy atom. The second kappa shape index (κ2) is 8.81. The molecular formula is C19H20ClN3O5. The molecule has 1 heterocycles. The number of nitrogens with one attached hydrogen (secondary N) is 2. The van der Waals surface area contributed by atoms with Crippen LogP contribution >= 0.6 is 11.6 Å². The van der Waals surface area contributed by atoms with Crippen molar-refractivity contribution in [1.82, 2.24) is 4.90 Å². The summed E-state index contributed by atoms with van der Waals surface area (Å²) in [6.45, 7) is 0.223. The molecule has 0 radical (unpaired) electrons. The van der Waals surface area contributed by atoms with Gasteiger partial charge in [-0.25, -0.2) is 0 Å². The van der Waals surface area contributed by atoms with Gasteiger partial charge < -0.3 is 24.8 Å². The molecule has 0 spiro atoms. The van der Waals surface area contributed by atoms with Gasteiger partial charge in [0.15, 0.2) is 11.5 Å². The summed E-state index contributed by atoms with van der Waals surface area (Å²) in [5, 5.41) is 5.98. The van der Waals surface area contributed by atoms with Crippen LogP contribution in [0.5, 0.6) is 17.2 Å². The Bertz CT molecular complexity index is 890. The topological polar surface area (TPSA) is 89.1 Å². The first-order valence-corrected chi connectivity index (χ1v) is 8.84. The highest BCUT2D eigenvalue weighted by Crippen LogP contribution is 2.34. The lowest BCUT2D eigenvalue weighted by molar-refractivity contribution is -0.119. The van der Waals surface area contributed by atoms with Gasteiger partial charge in [-0.15, -0.1) is 0 Å². The zero-order valence-electron chi connectivity index (χ0n) is 15.5. The highest BCUT2D eigenvalue weighted by Gasteiger charge is 2.16. The Kier molecular flexibility index (Phi) is 6.23. The van der Waals surface area contributed by atoms with Crippen molar-refractivity contribution in [2.75, 3.05) is 44.7 Å². The molecule has 1 aliphatic heterocycles. The molecule has 8 nitrogen and oxygen atoms in total. The number of amides is 2. The van der Waals surface area contributed by atoms with E-state index in [0.717, 1.165) is 0 Å². The van der Waals surface area contributed by atoms with Crippen LogP contribution < -0.4 is 24.8 Å². The van der Waals surface area contributed by atoms with Crippen molar-refractivity contribution in [1.29, 1.82) is 0 Å². The van der Waals surface area contributed by atoms with Gasteiger partial charge in [0.2, 0.25) is 18.6 Å². The fourth-order valence-electron chi connectivity index (χ4n) is 2.69. The highest BCUT2D eigenvalue weighted by molar-refractivity contribution is 6.31. The Morgan fingerprint density at radius 2 is 1.79 bits per heavy atom. The van der Waals surface area contributed by atoms with E-state index in [1.54, 1.807) is 48.3 Å². The van der Waals surface area contributed by atoms with E-state index in [-0.39, 0.29) is 31.7 Å². The van der Waals surface area contributed by atoms with Gasteiger partial charge in [0.1, 0.15) is 5.75 Å². The summed E-state index contributed by atoms with van der Waals surface area (Å²) in [6, 6.07) is 10.1. The maximum atomic E-state index is 12.3. The molecule has 148 valence electrons. The average molecular weight is 406 g/mol. The number of carbonyl (C=O) groups excluding carboxylic acids is 2. The van der Waals surface area contributed by atoms with Gasteiger partial charge in [-0.05, 0) is 37.4 Å². The van der Waals surface area contributed by atoms with Crippen LogP contribution in [0.3, 0.4) is 0 Å². The number of carbonyl (C=O) groups is 2. The Morgan fingerprint density at radius 3 is 2.54 bits per heavy atom. The van der Waals surface area contributed by atoms with Gasteiger partial charge in [-0.1, -0.05) is 11.6 Å². The van der Waals surface area contributed by atoms with Crippen LogP contribution in [0.25, 0.3) is 0 Å². The van der Waals surface area contributed by atoms with Crippen LogP contribution in [0.15, 0.2) is 36.4 Å². The molecule has 2 aromatic rings. The second-order valence-electron chi connectivity index (χ2n) is 6.18. The van der Waals surface area contributed by atoms with Gasteiger partial charge in [-0.3, -0.25) is 14.5 Å². The smallest absolute Gasteiger partial charge is 0.238 e. The number of hydrogen-bond donors (Lipinski definition) is 2. The first-order valence-electron chi connectivity index (χ1n) is 8.46. The number of likely N-dealkylation sites (N-methyl/N-ethyl adjacent to an activating group) is 1. The maximum Gasteiger partial charge on any atom is 0.238 e. The Balaban J connectivity index is 1.50. The maximum absolute atomic E-state index is 12.3. The minimum absolute atomic E-state index is 0.0181. The molecule has 0 atom stereocenters. The van der Waals surface area contributed by atoms with Crippen molar-refractivity contribution < 1.29 is 23.8 Å². The SMILES string of the molecule is COc1ccc(Cl)cc1NC(=O)CN(C)CC(=O)Nc1ccc2c(c1)OCO2. The van der Waals surface area contributed by atoms with Crippen LogP contribution in [0, 0.1) is 0 Å². The van der Waals surface area contributed by atoms with Crippen molar-refractivity contribution in [2.45, 2.75) is 0 Å². The summed E-state index contributed by atoms with van der Waals surface area (Å²) in [5.74, 6) is 1.18. The largest absolute Gasteiger partial charge is 0.495 e. The molecule has 0 fully saturated rings. The monoisotopic (exact) mass is 405 g/mol. The fourth-order valence-corrected chi connectivity index (χ4v) is 2.86. The summed E-state index contributed by atoms with van der Waals surface area (Å²) in [6.07, 6.45) is 0. The third-order valence-electron chi connectivity index (χ3n) is 3.92. The van der Waals surface area contributed by atoms with Crippen molar-refractivity contribution in [3.8, 4) is 17.2 Å². The second-order valence-corrected chi connectivity index (χ2v) is 6.62. The quantitative estimate of drug-likeness (QED) is 0.736. The summed E-state index contributed by atoms with van der Waals surface area (Å²) < 4.78 is 15.7. The number of anilines is 2. The molecule has 9 heteroatoms. The van der Waals surface area contributed by atoms with Crippen LogP contribution in [0.1, 0.15) is 0 Å². The van der Waals surface area contributed by atoms with Gasteiger partial charge in [0, 0.05) is 16.8 Å². The molecule has 0 saturated heterocycles. The predicted molar refractivity (Wildman–Crippen MR) is 105 cm³/mol. The highest BCUT2D eigenvalue weighted by atomic mass is 35.5. The van der Waals surface area contributed by atoms with E-state index < -0.39 is 0 Å². The molecule has 3 rings (SSSR count). The lowest BCUT2D eigenvalue weighted by Crippen LogP contribution is -2.36. The number of halogens is 1. The molecule has 1 aliphatic rings. The lowest BCUT2D eigenvalue weighted by Gasteiger charge is -2.17. The van der Waals surface area contributed by atoms with Crippen molar-refractivity contribution in [3.05, 3.63) is 41.4 Å². The van der Waals surface area contributed by atoms with E-state index in [9.17, 15) is 9.59 Å². The van der Waals surface area contributed by atoms with E-state index in [4.69, 9.17) is 25.8 Å². The molecular weight excluding hydrogens is 386 g/mol. The van der Waals surface area contributed by atoms with Crippen LogP contribution in [-0.2, 0) is 9.59 Å². The molecule has 2 amide bonds. The third kappa shape index (κ3) is 5.05. The number of hydrogen-bond acceptors (Lipinski definition) is 6. The van der Waals surface area contributed by atoms with E-state index in [0.29, 0.717) is 33.6 Å². The summed E-state index contributed by atoms with van der Waals surface area (Å²) in [4.78, 5) is 26.1. The molecule has 0 aliphatic carbocycles. The fraction of sp³-hybridized carbons (Fsp3) is 0.263. The zero-order chi connectivity index (χ0) is 20.1. The summed E-state index contributed by atoms with van der Waals surface area (Å²) >= 11 is 5.96. The standard InChI is InChI=1S/C19H20ClN3O5/c1-23(10-19(25)22-14-7-12(20)3-5-15(14)26-2)9-18(24)21-13-4-6-16-17(8-13)28-11-27-16/h3-8H,9-11H2,1-2H3,(H,21,24)(H,22,25). The van der Waals surface area contributed by atoms with E-state index in [1.165, 1.54) is 7.11 Å². The Hall–Kier alpha value is -2.97. The first kappa shape index (κ1) is 19.8. The van der Waals surface area contributed by atoms with E-state index >= 15 is 0 Å². The van der Waals surface area contributed by atoms with Gasteiger partial charge in [-0.2, -0.15) is 0 Å².